The Bertz CT molecular complexity index is 595. The van der Waals surface area contributed by atoms with E-state index in [1.54, 1.807) is 10.9 Å². The number of nitrogens with zero attached hydrogens (tertiary/aromatic N) is 4. The Labute approximate surface area is 108 Å². The number of hydrazine groups is 1. The fraction of sp³-hybridized carbons (Fsp3) is 0.200. The molecule has 0 aliphatic carbocycles. The molecule has 2 rings (SSSR count). The Balaban J connectivity index is 2.15. The van der Waals surface area contributed by atoms with Gasteiger partial charge in [0.15, 0.2) is 0 Å². The highest BCUT2D eigenvalue weighted by Crippen LogP contribution is 2.20. The van der Waals surface area contributed by atoms with Gasteiger partial charge in [-0.25, -0.2) is 10.8 Å². The number of nitrogen functional groups attached to an aromatic ring is 1. The predicted octanol–water partition coefficient (Wildman–Crippen LogP) is 0.621. The van der Waals surface area contributed by atoms with Gasteiger partial charge < -0.3 is 10.7 Å². The van der Waals surface area contributed by atoms with Crippen molar-refractivity contribution in [1.29, 1.82) is 0 Å². The fourth-order valence-corrected chi connectivity index (χ4v) is 1.54. The van der Waals surface area contributed by atoms with Crippen molar-refractivity contribution >= 4 is 17.3 Å². The van der Waals surface area contributed by atoms with Crippen molar-refractivity contribution in [3.63, 3.8) is 0 Å². The first-order valence-electron chi connectivity index (χ1n) is 5.43. The second-order valence-corrected chi connectivity index (χ2v) is 3.87. The van der Waals surface area contributed by atoms with E-state index < -0.39 is 4.92 Å². The molecule has 2 heterocycles. The Morgan fingerprint density at radius 2 is 2.21 bits per heavy atom. The van der Waals surface area contributed by atoms with Gasteiger partial charge in [0.05, 0.1) is 23.3 Å². The average Bonchev–Trinajstić information content (AvgIpc) is 2.81. The molecule has 19 heavy (non-hydrogen) atoms. The van der Waals surface area contributed by atoms with Crippen molar-refractivity contribution in [3.05, 3.63) is 40.2 Å². The third-order valence-corrected chi connectivity index (χ3v) is 2.40. The molecule has 0 aliphatic heterocycles. The van der Waals surface area contributed by atoms with Crippen LogP contribution in [0.5, 0.6) is 0 Å². The largest absolute Gasteiger partial charge is 0.366 e. The second kappa shape index (κ2) is 5.31. The number of aryl methyl sites for hydroxylation is 1. The molecule has 0 radical (unpaired) electrons. The van der Waals surface area contributed by atoms with Gasteiger partial charge in [-0.3, -0.25) is 14.8 Å². The predicted molar refractivity (Wildman–Crippen MR) is 69.2 cm³/mol. The van der Waals surface area contributed by atoms with Gasteiger partial charge in [-0.2, -0.15) is 5.10 Å². The van der Waals surface area contributed by atoms with E-state index >= 15 is 0 Å². The van der Waals surface area contributed by atoms with Crippen molar-refractivity contribution in [2.45, 2.75) is 6.54 Å². The van der Waals surface area contributed by atoms with E-state index in [2.05, 4.69) is 20.8 Å². The summed E-state index contributed by atoms with van der Waals surface area (Å²) in [6.45, 7) is 0.464. The zero-order valence-electron chi connectivity index (χ0n) is 10.2. The Hall–Kier alpha value is -2.68. The lowest BCUT2D eigenvalue weighted by molar-refractivity contribution is -0.384. The third kappa shape index (κ3) is 3.16. The minimum absolute atomic E-state index is 0.0864. The topological polar surface area (TPSA) is 124 Å². The van der Waals surface area contributed by atoms with Gasteiger partial charge in [0.25, 0.3) is 5.69 Å². The molecule has 0 bridgehead atoms. The molecule has 9 heteroatoms. The van der Waals surface area contributed by atoms with Crippen LogP contribution in [0.1, 0.15) is 5.56 Å². The van der Waals surface area contributed by atoms with Crippen molar-refractivity contribution in [2.75, 3.05) is 10.7 Å². The molecule has 0 aliphatic rings. The number of nitrogens with two attached hydrogens (primary N) is 1. The van der Waals surface area contributed by atoms with E-state index in [1.807, 2.05) is 13.2 Å². The van der Waals surface area contributed by atoms with Gasteiger partial charge in [-0.05, 0) is 0 Å². The Morgan fingerprint density at radius 1 is 1.47 bits per heavy atom. The van der Waals surface area contributed by atoms with Crippen LogP contribution in [-0.2, 0) is 13.6 Å². The van der Waals surface area contributed by atoms with Crippen LogP contribution >= 0.6 is 0 Å². The van der Waals surface area contributed by atoms with E-state index in [9.17, 15) is 10.1 Å². The molecule has 0 spiro atoms. The zero-order chi connectivity index (χ0) is 13.8. The first-order valence-corrected chi connectivity index (χ1v) is 5.43. The maximum atomic E-state index is 10.8. The Kier molecular flexibility index (Phi) is 3.57. The smallest absolute Gasteiger partial charge is 0.276 e. The van der Waals surface area contributed by atoms with Crippen molar-refractivity contribution < 1.29 is 4.92 Å². The summed E-state index contributed by atoms with van der Waals surface area (Å²) in [5, 5.41) is 17.8. The summed E-state index contributed by atoms with van der Waals surface area (Å²) >= 11 is 0. The summed E-state index contributed by atoms with van der Waals surface area (Å²) in [4.78, 5) is 14.3. The highest BCUT2D eigenvalue weighted by Gasteiger charge is 2.10. The molecule has 2 aromatic rings. The van der Waals surface area contributed by atoms with Crippen LogP contribution in [0, 0.1) is 10.1 Å². The van der Waals surface area contributed by atoms with Crippen molar-refractivity contribution in [2.24, 2.45) is 12.9 Å². The maximum absolute atomic E-state index is 10.8. The summed E-state index contributed by atoms with van der Waals surface area (Å²) in [7, 11) is 1.81. The highest BCUT2D eigenvalue weighted by molar-refractivity contribution is 5.54. The minimum atomic E-state index is -0.502. The number of anilines is 2. The molecular formula is C10H13N7O2. The number of rotatable bonds is 5. The van der Waals surface area contributed by atoms with E-state index in [-0.39, 0.29) is 11.5 Å². The number of pyridine rings is 1. The van der Waals surface area contributed by atoms with Gasteiger partial charge in [-0.15, -0.1) is 0 Å². The molecular weight excluding hydrogens is 250 g/mol. The molecule has 4 N–H and O–H groups in total. The molecule has 0 aromatic carbocycles. The normalized spacial score (nSPS) is 10.2. The molecule has 2 aromatic heterocycles. The first-order chi connectivity index (χ1) is 9.08. The molecule has 100 valence electrons. The van der Waals surface area contributed by atoms with Gasteiger partial charge >= 0.3 is 0 Å². The second-order valence-electron chi connectivity index (χ2n) is 3.87. The summed E-state index contributed by atoms with van der Waals surface area (Å²) in [6.07, 6.45) is 3.54. The highest BCUT2D eigenvalue weighted by atomic mass is 16.6. The van der Waals surface area contributed by atoms with Gasteiger partial charge in [0.2, 0.25) is 0 Å². The van der Waals surface area contributed by atoms with Crippen molar-refractivity contribution in [3.8, 4) is 0 Å². The van der Waals surface area contributed by atoms with E-state index in [1.165, 1.54) is 12.1 Å². The van der Waals surface area contributed by atoms with E-state index in [0.717, 1.165) is 5.56 Å². The lowest BCUT2D eigenvalue weighted by atomic mass is 10.3. The lowest BCUT2D eigenvalue weighted by Crippen LogP contribution is -2.10. The number of hydrogen-bond donors (Lipinski definition) is 3. The summed E-state index contributed by atoms with van der Waals surface area (Å²) in [5.41, 5.74) is 3.15. The Morgan fingerprint density at radius 3 is 2.79 bits per heavy atom. The molecule has 0 amide bonds. The quantitative estimate of drug-likeness (QED) is 0.410. The van der Waals surface area contributed by atoms with E-state index in [0.29, 0.717) is 12.4 Å². The van der Waals surface area contributed by atoms with E-state index in [4.69, 9.17) is 5.84 Å². The van der Waals surface area contributed by atoms with Crippen LogP contribution in [0.4, 0.5) is 17.3 Å². The fourth-order valence-electron chi connectivity index (χ4n) is 1.54. The van der Waals surface area contributed by atoms with Gasteiger partial charge in [0, 0.05) is 25.4 Å². The molecule has 0 saturated carbocycles. The molecule has 9 nitrogen and oxygen atoms in total. The number of nitro groups is 1. The third-order valence-electron chi connectivity index (χ3n) is 2.40. The minimum Gasteiger partial charge on any atom is -0.366 e. The van der Waals surface area contributed by atoms with Crippen molar-refractivity contribution in [1.82, 2.24) is 14.8 Å². The molecule has 0 fully saturated rings. The summed E-state index contributed by atoms with van der Waals surface area (Å²) < 4.78 is 1.67. The van der Waals surface area contributed by atoms with Gasteiger partial charge in [-0.1, -0.05) is 0 Å². The summed E-state index contributed by atoms with van der Waals surface area (Å²) in [6, 6.07) is 2.60. The van der Waals surface area contributed by atoms with Crippen LogP contribution < -0.4 is 16.6 Å². The van der Waals surface area contributed by atoms with Crippen LogP contribution in [-0.4, -0.2) is 19.7 Å². The van der Waals surface area contributed by atoms with Crippen LogP contribution in [0.25, 0.3) is 0 Å². The SMILES string of the molecule is Cn1cc(CNc2cc([N+](=O)[O-])cc(NN)n2)cn1. The van der Waals surface area contributed by atoms with Crippen LogP contribution in [0.3, 0.4) is 0 Å². The number of nitrogens with one attached hydrogen (secondary N) is 2. The maximum Gasteiger partial charge on any atom is 0.276 e. The molecule has 0 unspecified atom stereocenters. The molecule has 0 saturated heterocycles. The monoisotopic (exact) mass is 263 g/mol. The molecule has 0 atom stereocenters. The number of hydrogen-bond acceptors (Lipinski definition) is 7. The van der Waals surface area contributed by atoms with Crippen LogP contribution in [0.15, 0.2) is 24.5 Å². The average molecular weight is 263 g/mol. The summed E-state index contributed by atoms with van der Waals surface area (Å²) in [5.74, 6) is 5.81. The first kappa shape index (κ1) is 12.8. The zero-order valence-corrected chi connectivity index (χ0v) is 10.2. The van der Waals surface area contributed by atoms with Gasteiger partial charge in [0.1, 0.15) is 11.6 Å². The van der Waals surface area contributed by atoms with Crippen LogP contribution in [0.2, 0.25) is 0 Å². The lowest BCUT2D eigenvalue weighted by Gasteiger charge is -2.06. The standard InChI is InChI=1S/C10H13N7O2/c1-16-6-7(5-13-16)4-12-9-2-8(17(18)19)3-10(14-9)15-11/h2-3,5-6H,4,11H2,1H3,(H2,12,14,15). The number of aromatic nitrogens is 3.